The van der Waals surface area contributed by atoms with E-state index in [0.29, 0.717) is 32.0 Å². The van der Waals surface area contributed by atoms with Crippen molar-refractivity contribution < 1.29 is 8.42 Å². The van der Waals surface area contributed by atoms with Gasteiger partial charge in [0.05, 0.1) is 0 Å². The van der Waals surface area contributed by atoms with Gasteiger partial charge in [0.1, 0.15) is 11.6 Å². The number of hydrogen-bond donors (Lipinski definition) is 0. The molecule has 27 heavy (non-hydrogen) atoms. The van der Waals surface area contributed by atoms with E-state index in [1.165, 1.54) is 17.1 Å². The quantitative estimate of drug-likeness (QED) is 0.755. The molecule has 2 aliphatic heterocycles. The van der Waals surface area contributed by atoms with Gasteiger partial charge in [-0.2, -0.15) is 9.29 Å². The molecule has 4 heterocycles. The molecular formula is C17H25N7O2S. The third-order valence-electron chi connectivity index (χ3n) is 5.27. The van der Waals surface area contributed by atoms with Crippen LogP contribution < -0.4 is 9.80 Å². The molecule has 2 aliphatic rings. The number of hydrogen-bond acceptors (Lipinski definition) is 7. The Morgan fingerprint density at radius 3 is 2.30 bits per heavy atom. The molecule has 2 aromatic heterocycles. The SMILES string of the molecule is Cc1nc(S(=O)(=O)N2CCN(c3ccnc(N4CCCC4)n3)CC2)cn1C. The summed E-state index contributed by atoms with van der Waals surface area (Å²) >= 11 is 0. The number of aryl methyl sites for hydroxylation is 2. The third kappa shape index (κ3) is 3.51. The predicted octanol–water partition coefficient (Wildman–Crippen LogP) is 0.630. The minimum Gasteiger partial charge on any atom is -0.354 e. The monoisotopic (exact) mass is 391 g/mol. The van der Waals surface area contributed by atoms with Crippen LogP contribution in [0.15, 0.2) is 23.5 Å². The second-order valence-corrected chi connectivity index (χ2v) is 8.92. The van der Waals surface area contributed by atoms with Gasteiger partial charge in [-0.1, -0.05) is 0 Å². The van der Waals surface area contributed by atoms with Crippen molar-refractivity contribution in [3.8, 4) is 0 Å². The van der Waals surface area contributed by atoms with Crippen molar-refractivity contribution in [2.45, 2.75) is 24.8 Å². The molecule has 9 nitrogen and oxygen atoms in total. The fourth-order valence-electron chi connectivity index (χ4n) is 3.53. The lowest BCUT2D eigenvalue weighted by Gasteiger charge is -2.34. The molecule has 0 spiro atoms. The Hall–Kier alpha value is -2.20. The highest BCUT2D eigenvalue weighted by atomic mass is 32.2. The minimum atomic E-state index is -3.56. The van der Waals surface area contributed by atoms with E-state index in [1.54, 1.807) is 30.9 Å². The summed E-state index contributed by atoms with van der Waals surface area (Å²) in [5.74, 6) is 2.31. The molecule has 0 bridgehead atoms. The summed E-state index contributed by atoms with van der Waals surface area (Å²) in [4.78, 5) is 17.6. The molecule has 4 rings (SSSR count). The van der Waals surface area contributed by atoms with Gasteiger partial charge in [0.15, 0.2) is 5.03 Å². The zero-order valence-corrected chi connectivity index (χ0v) is 16.6. The predicted molar refractivity (Wildman–Crippen MR) is 102 cm³/mol. The van der Waals surface area contributed by atoms with E-state index in [2.05, 4.69) is 19.8 Å². The van der Waals surface area contributed by atoms with Gasteiger partial charge in [-0.3, -0.25) is 0 Å². The second kappa shape index (κ2) is 7.08. The van der Waals surface area contributed by atoms with Crippen LogP contribution in [-0.4, -0.2) is 71.5 Å². The Morgan fingerprint density at radius 2 is 1.67 bits per heavy atom. The average Bonchev–Trinajstić information content (AvgIpc) is 3.33. The first-order chi connectivity index (χ1) is 12.9. The summed E-state index contributed by atoms with van der Waals surface area (Å²) in [5, 5.41) is 0.120. The molecule has 2 fully saturated rings. The Morgan fingerprint density at radius 1 is 0.963 bits per heavy atom. The molecule has 0 aliphatic carbocycles. The fraction of sp³-hybridized carbons (Fsp3) is 0.588. The lowest BCUT2D eigenvalue weighted by Crippen LogP contribution is -2.49. The zero-order valence-electron chi connectivity index (χ0n) is 15.7. The summed E-state index contributed by atoms with van der Waals surface area (Å²) in [6.07, 6.45) is 5.72. The van der Waals surface area contributed by atoms with Gasteiger partial charge < -0.3 is 14.4 Å². The van der Waals surface area contributed by atoms with Crippen molar-refractivity contribution >= 4 is 21.8 Å². The minimum absolute atomic E-state index is 0.120. The molecule has 0 amide bonds. The van der Waals surface area contributed by atoms with Crippen LogP contribution in [0, 0.1) is 6.92 Å². The highest BCUT2D eigenvalue weighted by Gasteiger charge is 2.31. The van der Waals surface area contributed by atoms with Gasteiger partial charge in [-0.15, -0.1) is 0 Å². The highest BCUT2D eigenvalue weighted by Crippen LogP contribution is 2.22. The number of piperazine rings is 1. The Kier molecular flexibility index (Phi) is 4.77. The number of aromatic nitrogens is 4. The molecule has 146 valence electrons. The van der Waals surface area contributed by atoms with Gasteiger partial charge >= 0.3 is 0 Å². The van der Waals surface area contributed by atoms with E-state index in [1.807, 2.05) is 6.07 Å². The maximum atomic E-state index is 12.8. The van der Waals surface area contributed by atoms with Gasteiger partial charge in [0.2, 0.25) is 5.95 Å². The number of rotatable bonds is 4. The van der Waals surface area contributed by atoms with Crippen LogP contribution in [0.2, 0.25) is 0 Å². The average molecular weight is 392 g/mol. The molecule has 0 unspecified atom stereocenters. The second-order valence-electron chi connectivity index (χ2n) is 7.04. The lowest BCUT2D eigenvalue weighted by molar-refractivity contribution is 0.382. The summed E-state index contributed by atoms with van der Waals surface area (Å²) in [7, 11) is -1.76. The molecule has 0 atom stereocenters. The normalized spacial score (nSPS) is 19.0. The molecular weight excluding hydrogens is 366 g/mol. The van der Waals surface area contributed by atoms with Crippen LogP contribution >= 0.6 is 0 Å². The fourth-order valence-corrected chi connectivity index (χ4v) is 4.97. The van der Waals surface area contributed by atoms with Crippen molar-refractivity contribution in [3.05, 3.63) is 24.3 Å². The third-order valence-corrected chi connectivity index (χ3v) is 7.04. The number of nitrogens with zero attached hydrogens (tertiary/aromatic N) is 7. The van der Waals surface area contributed by atoms with E-state index >= 15 is 0 Å². The molecule has 0 aromatic carbocycles. The number of anilines is 2. The molecule has 2 aromatic rings. The van der Waals surface area contributed by atoms with E-state index in [4.69, 9.17) is 4.98 Å². The summed E-state index contributed by atoms with van der Waals surface area (Å²) in [6, 6.07) is 1.89. The Balaban J connectivity index is 1.45. The zero-order chi connectivity index (χ0) is 19.0. The molecule has 0 radical (unpaired) electrons. The first-order valence-corrected chi connectivity index (χ1v) is 10.7. The van der Waals surface area contributed by atoms with Crippen molar-refractivity contribution in [1.29, 1.82) is 0 Å². The topological polar surface area (TPSA) is 87.5 Å². The van der Waals surface area contributed by atoms with E-state index < -0.39 is 10.0 Å². The maximum absolute atomic E-state index is 12.8. The first-order valence-electron chi connectivity index (χ1n) is 9.28. The van der Waals surface area contributed by atoms with Gasteiger partial charge in [0.25, 0.3) is 10.0 Å². The Bertz CT molecular complexity index is 894. The van der Waals surface area contributed by atoms with Crippen LogP contribution in [-0.2, 0) is 17.1 Å². The number of sulfonamides is 1. The van der Waals surface area contributed by atoms with Crippen molar-refractivity contribution in [2.24, 2.45) is 7.05 Å². The van der Waals surface area contributed by atoms with Gasteiger partial charge in [-0.25, -0.2) is 18.4 Å². The van der Waals surface area contributed by atoms with Crippen molar-refractivity contribution in [1.82, 2.24) is 23.8 Å². The Labute approximate surface area is 159 Å². The largest absolute Gasteiger partial charge is 0.354 e. The van der Waals surface area contributed by atoms with Gasteiger partial charge in [0, 0.05) is 58.7 Å². The van der Waals surface area contributed by atoms with Crippen molar-refractivity contribution in [2.75, 3.05) is 49.1 Å². The van der Waals surface area contributed by atoms with E-state index in [0.717, 1.165) is 24.9 Å². The summed E-state index contributed by atoms with van der Waals surface area (Å²) in [6.45, 7) is 5.83. The van der Waals surface area contributed by atoms with Gasteiger partial charge in [-0.05, 0) is 25.8 Å². The number of imidazole rings is 1. The van der Waals surface area contributed by atoms with Crippen LogP contribution in [0.4, 0.5) is 11.8 Å². The lowest BCUT2D eigenvalue weighted by atomic mass is 10.3. The first kappa shape index (κ1) is 18.2. The smallest absolute Gasteiger partial charge is 0.262 e. The van der Waals surface area contributed by atoms with Crippen LogP contribution in [0.25, 0.3) is 0 Å². The summed E-state index contributed by atoms with van der Waals surface area (Å²) < 4.78 is 28.9. The molecule has 10 heteroatoms. The van der Waals surface area contributed by atoms with Crippen LogP contribution in [0.5, 0.6) is 0 Å². The van der Waals surface area contributed by atoms with Crippen LogP contribution in [0.1, 0.15) is 18.7 Å². The standard InChI is InChI=1S/C17H25N7O2S/c1-14-19-16(13-21(14)2)27(25,26)24-11-9-22(10-12-24)15-5-6-18-17(20-15)23-7-3-4-8-23/h5-6,13H,3-4,7-12H2,1-2H3. The molecule has 0 saturated carbocycles. The van der Waals surface area contributed by atoms with E-state index in [-0.39, 0.29) is 5.03 Å². The molecule has 0 N–H and O–H groups in total. The highest BCUT2D eigenvalue weighted by molar-refractivity contribution is 7.89. The molecule has 2 saturated heterocycles. The maximum Gasteiger partial charge on any atom is 0.262 e. The summed E-state index contributed by atoms with van der Waals surface area (Å²) in [5.41, 5.74) is 0. The van der Waals surface area contributed by atoms with Crippen molar-refractivity contribution in [3.63, 3.8) is 0 Å². The van der Waals surface area contributed by atoms with E-state index in [9.17, 15) is 8.42 Å². The van der Waals surface area contributed by atoms with Crippen LogP contribution in [0.3, 0.4) is 0 Å².